The third-order valence-corrected chi connectivity index (χ3v) is 9.00. The fourth-order valence-electron chi connectivity index (χ4n) is 7.85. The topological polar surface area (TPSA) is 21.3 Å². The van der Waals surface area contributed by atoms with Crippen LogP contribution < -0.4 is 5.32 Å². The second kappa shape index (κ2) is 7.24. The summed E-state index contributed by atoms with van der Waals surface area (Å²) in [5.74, 6) is 3.46. The molecule has 29 heavy (non-hydrogen) atoms. The molecule has 0 aliphatic heterocycles. The molecule has 1 aromatic carbocycles. The standard InChI is InChI=1S/C27H39NO/c1-16-8-17(2)25-20(5)19(4)24(26(25)18(16)3)15-29-7-6-28-27-12-21-9-22(13-27)11-23(10-21)14-27/h8,21-24,28H,6-7,9-15H2,1-5H3. The Balaban J connectivity index is 1.19. The van der Waals surface area contributed by atoms with Crippen molar-refractivity contribution < 1.29 is 4.74 Å². The minimum Gasteiger partial charge on any atom is -0.379 e. The summed E-state index contributed by atoms with van der Waals surface area (Å²) in [6.45, 7) is 14.1. The van der Waals surface area contributed by atoms with Gasteiger partial charge in [0.25, 0.3) is 0 Å². The summed E-state index contributed by atoms with van der Waals surface area (Å²) in [5.41, 5.74) is 10.8. The van der Waals surface area contributed by atoms with E-state index in [-0.39, 0.29) is 0 Å². The molecule has 4 bridgehead atoms. The highest BCUT2D eigenvalue weighted by molar-refractivity contribution is 5.80. The monoisotopic (exact) mass is 393 g/mol. The lowest BCUT2D eigenvalue weighted by atomic mass is 9.53. The average Bonchev–Trinajstić information content (AvgIpc) is 2.90. The molecule has 0 amide bonds. The molecule has 1 atom stereocenters. The highest BCUT2D eigenvalue weighted by atomic mass is 16.5. The minimum atomic E-state index is 0.433. The summed E-state index contributed by atoms with van der Waals surface area (Å²) < 4.78 is 6.29. The van der Waals surface area contributed by atoms with E-state index in [1.165, 1.54) is 77.5 Å². The van der Waals surface area contributed by atoms with Crippen LogP contribution in [-0.4, -0.2) is 25.3 Å². The second-order valence-electron chi connectivity index (χ2n) is 11.0. The summed E-state index contributed by atoms with van der Waals surface area (Å²) in [7, 11) is 0. The molecular weight excluding hydrogens is 354 g/mol. The first-order valence-electron chi connectivity index (χ1n) is 12.0. The maximum Gasteiger partial charge on any atom is 0.0591 e. The van der Waals surface area contributed by atoms with Crippen LogP contribution >= 0.6 is 0 Å². The van der Waals surface area contributed by atoms with Crippen LogP contribution in [0.4, 0.5) is 0 Å². The number of hydrogen-bond donors (Lipinski definition) is 1. The fraction of sp³-hybridized carbons (Fsp3) is 0.704. The molecule has 2 heteroatoms. The third kappa shape index (κ3) is 3.31. The Morgan fingerprint density at radius 1 is 0.931 bits per heavy atom. The van der Waals surface area contributed by atoms with Gasteiger partial charge in [0.05, 0.1) is 13.2 Å². The van der Waals surface area contributed by atoms with E-state index in [0.717, 1.165) is 37.5 Å². The molecule has 0 heterocycles. The highest BCUT2D eigenvalue weighted by Crippen LogP contribution is 2.55. The van der Waals surface area contributed by atoms with E-state index < -0.39 is 0 Å². The minimum absolute atomic E-state index is 0.433. The Labute approximate surface area is 177 Å². The van der Waals surface area contributed by atoms with Crippen LogP contribution in [0, 0.1) is 38.5 Å². The lowest BCUT2D eigenvalue weighted by Gasteiger charge is -2.57. The van der Waals surface area contributed by atoms with Gasteiger partial charge in [-0.3, -0.25) is 0 Å². The van der Waals surface area contributed by atoms with Crippen molar-refractivity contribution in [2.45, 2.75) is 84.6 Å². The SMILES string of the molecule is CC1=C(C)C(COCCNC23CC4CC(CC(C4)C2)C3)c2c(C)c(C)cc(C)c21. The Kier molecular flexibility index (Phi) is 4.95. The molecule has 4 fully saturated rings. The average molecular weight is 394 g/mol. The molecule has 0 saturated heterocycles. The Hall–Kier alpha value is -1.12. The highest BCUT2D eigenvalue weighted by Gasteiger charge is 2.50. The van der Waals surface area contributed by atoms with Crippen LogP contribution in [0.3, 0.4) is 0 Å². The van der Waals surface area contributed by atoms with Gasteiger partial charge in [-0.15, -0.1) is 0 Å². The first-order valence-corrected chi connectivity index (χ1v) is 12.0. The van der Waals surface area contributed by atoms with Gasteiger partial charge in [-0.2, -0.15) is 0 Å². The van der Waals surface area contributed by atoms with Crippen molar-refractivity contribution >= 4 is 5.57 Å². The van der Waals surface area contributed by atoms with Crippen LogP contribution in [-0.2, 0) is 4.74 Å². The van der Waals surface area contributed by atoms with Crippen LogP contribution in [0.2, 0.25) is 0 Å². The molecule has 158 valence electrons. The van der Waals surface area contributed by atoms with Gasteiger partial charge in [0, 0.05) is 18.0 Å². The summed E-state index contributed by atoms with van der Waals surface area (Å²) in [6.07, 6.45) is 8.82. The van der Waals surface area contributed by atoms with Gasteiger partial charge >= 0.3 is 0 Å². The van der Waals surface area contributed by atoms with E-state index in [2.05, 4.69) is 46.0 Å². The van der Waals surface area contributed by atoms with Crippen LogP contribution in [0.1, 0.15) is 86.1 Å². The van der Waals surface area contributed by atoms with Crippen LogP contribution in [0.5, 0.6) is 0 Å². The molecule has 1 aromatic rings. The summed E-state index contributed by atoms with van der Waals surface area (Å²) in [6, 6.07) is 2.35. The predicted molar refractivity (Wildman–Crippen MR) is 121 cm³/mol. The van der Waals surface area contributed by atoms with Crippen molar-refractivity contribution in [1.82, 2.24) is 5.32 Å². The van der Waals surface area contributed by atoms with Crippen molar-refractivity contribution in [3.05, 3.63) is 39.5 Å². The summed E-state index contributed by atoms with van der Waals surface area (Å²) >= 11 is 0. The van der Waals surface area contributed by atoms with E-state index in [1.54, 1.807) is 0 Å². The van der Waals surface area contributed by atoms with Crippen molar-refractivity contribution in [2.75, 3.05) is 19.8 Å². The van der Waals surface area contributed by atoms with Gasteiger partial charge in [0.2, 0.25) is 0 Å². The maximum absolute atomic E-state index is 6.29. The lowest BCUT2D eigenvalue weighted by Crippen LogP contribution is -2.58. The van der Waals surface area contributed by atoms with Gasteiger partial charge < -0.3 is 10.1 Å². The Morgan fingerprint density at radius 3 is 2.17 bits per heavy atom. The fourth-order valence-corrected chi connectivity index (χ4v) is 7.85. The molecule has 1 unspecified atom stereocenters. The van der Waals surface area contributed by atoms with E-state index in [1.807, 2.05) is 0 Å². The van der Waals surface area contributed by atoms with Crippen molar-refractivity contribution in [1.29, 1.82) is 0 Å². The zero-order chi connectivity index (χ0) is 20.3. The van der Waals surface area contributed by atoms with Crippen molar-refractivity contribution in [2.24, 2.45) is 17.8 Å². The molecule has 5 aliphatic rings. The van der Waals surface area contributed by atoms with E-state index in [0.29, 0.717) is 11.5 Å². The zero-order valence-electron chi connectivity index (χ0n) is 19.2. The molecular formula is C27H39NO. The van der Waals surface area contributed by atoms with E-state index >= 15 is 0 Å². The predicted octanol–water partition coefficient (Wildman–Crippen LogP) is 6.08. The summed E-state index contributed by atoms with van der Waals surface area (Å²) in [4.78, 5) is 0. The molecule has 2 nitrogen and oxygen atoms in total. The number of aryl methyl sites for hydroxylation is 2. The first-order chi connectivity index (χ1) is 13.9. The van der Waals surface area contributed by atoms with Gasteiger partial charge in [-0.05, 0) is 124 Å². The molecule has 0 radical (unpaired) electrons. The maximum atomic E-state index is 6.29. The molecule has 6 rings (SSSR count). The molecule has 0 aromatic heterocycles. The molecule has 5 aliphatic carbocycles. The van der Waals surface area contributed by atoms with E-state index in [9.17, 15) is 0 Å². The quantitative estimate of drug-likeness (QED) is 0.592. The summed E-state index contributed by atoms with van der Waals surface area (Å²) in [5, 5.41) is 3.98. The molecule has 1 N–H and O–H groups in total. The number of fused-ring (bicyclic) bond motifs is 1. The number of allylic oxidation sites excluding steroid dienone is 1. The normalized spacial score (nSPS) is 34.9. The van der Waals surface area contributed by atoms with Gasteiger partial charge in [0.15, 0.2) is 0 Å². The molecule has 4 saturated carbocycles. The van der Waals surface area contributed by atoms with Gasteiger partial charge in [0.1, 0.15) is 0 Å². The van der Waals surface area contributed by atoms with Gasteiger partial charge in [-0.1, -0.05) is 11.6 Å². The number of ether oxygens (including phenoxy) is 1. The van der Waals surface area contributed by atoms with E-state index in [4.69, 9.17) is 4.74 Å². The molecule has 0 spiro atoms. The van der Waals surface area contributed by atoms with Crippen molar-refractivity contribution in [3.8, 4) is 0 Å². The number of nitrogens with one attached hydrogen (secondary N) is 1. The Morgan fingerprint density at radius 2 is 1.55 bits per heavy atom. The number of hydrogen-bond acceptors (Lipinski definition) is 2. The Bertz CT molecular complexity index is 813. The largest absolute Gasteiger partial charge is 0.379 e. The first kappa shape index (κ1) is 19.8. The number of rotatable bonds is 6. The lowest BCUT2D eigenvalue weighted by molar-refractivity contribution is -0.0230. The van der Waals surface area contributed by atoms with Crippen molar-refractivity contribution in [3.63, 3.8) is 0 Å². The smallest absolute Gasteiger partial charge is 0.0591 e. The third-order valence-electron chi connectivity index (χ3n) is 9.00. The second-order valence-corrected chi connectivity index (χ2v) is 11.0. The van der Waals surface area contributed by atoms with Crippen LogP contribution in [0.25, 0.3) is 5.57 Å². The van der Waals surface area contributed by atoms with Crippen LogP contribution in [0.15, 0.2) is 11.6 Å². The zero-order valence-corrected chi connectivity index (χ0v) is 19.2. The van der Waals surface area contributed by atoms with Gasteiger partial charge in [-0.25, -0.2) is 0 Å². The number of benzene rings is 1.